The van der Waals surface area contributed by atoms with Gasteiger partial charge in [0.25, 0.3) is 5.91 Å². The Morgan fingerprint density at radius 2 is 1.76 bits per heavy atom. The summed E-state index contributed by atoms with van der Waals surface area (Å²) in [4.78, 5) is 24.1. The molecule has 178 valence electrons. The summed E-state index contributed by atoms with van der Waals surface area (Å²) < 4.78 is 28.4. The predicted octanol–water partition coefficient (Wildman–Crippen LogP) is 2.91. The standard InChI is InChI=1S/C24H33N5O3S/c1-17-7-12-29(13-8-17)33(31,32)22-15-20(14-18(2)19(22)3)23(30)27-21-6-4-11-28(16-21)24-25-9-5-10-26-24/h5,9-10,14-15,17,21H,4,6-8,11-13,16H2,1-3H3,(H,27,30). The average molecular weight is 472 g/mol. The van der Waals surface area contributed by atoms with Gasteiger partial charge in [0.2, 0.25) is 16.0 Å². The van der Waals surface area contributed by atoms with Crippen LogP contribution in [0.25, 0.3) is 0 Å². The van der Waals surface area contributed by atoms with E-state index in [-0.39, 0.29) is 16.8 Å². The number of aryl methyl sites for hydroxylation is 1. The summed E-state index contributed by atoms with van der Waals surface area (Å²) in [5.74, 6) is 0.947. The van der Waals surface area contributed by atoms with Gasteiger partial charge in [-0.1, -0.05) is 6.92 Å². The molecule has 2 saturated heterocycles. The molecule has 1 unspecified atom stereocenters. The van der Waals surface area contributed by atoms with Gasteiger partial charge >= 0.3 is 0 Å². The molecule has 1 aromatic carbocycles. The number of aromatic nitrogens is 2. The van der Waals surface area contributed by atoms with Crippen molar-refractivity contribution < 1.29 is 13.2 Å². The summed E-state index contributed by atoms with van der Waals surface area (Å²) >= 11 is 0. The minimum absolute atomic E-state index is 0.0553. The largest absolute Gasteiger partial charge is 0.348 e. The van der Waals surface area contributed by atoms with Crippen LogP contribution in [0.15, 0.2) is 35.5 Å². The number of nitrogens with one attached hydrogen (secondary N) is 1. The van der Waals surface area contributed by atoms with Crippen molar-refractivity contribution in [1.82, 2.24) is 19.6 Å². The number of amides is 1. The van der Waals surface area contributed by atoms with Crippen LogP contribution in [0.4, 0.5) is 5.95 Å². The van der Waals surface area contributed by atoms with Crippen LogP contribution < -0.4 is 10.2 Å². The van der Waals surface area contributed by atoms with Crippen LogP contribution in [0, 0.1) is 19.8 Å². The summed E-state index contributed by atoms with van der Waals surface area (Å²) in [6, 6.07) is 5.05. The van der Waals surface area contributed by atoms with Crippen LogP contribution in [0.2, 0.25) is 0 Å². The van der Waals surface area contributed by atoms with Gasteiger partial charge in [-0.2, -0.15) is 4.31 Å². The minimum Gasteiger partial charge on any atom is -0.348 e. The maximum atomic E-state index is 13.4. The second-order valence-electron chi connectivity index (χ2n) is 9.31. The highest BCUT2D eigenvalue weighted by Crippen LogP contribution is 2.28. The van der Waals surface area contributed by atoms with E-state index in [2.05, 4.69) is 27.1 Å². The van der Waals surface area contributed by atoms with Crippen molar-refractivity contribution in [3.05, 3.63) is 47.3 Å². The maximum absolute atomic E-state index is 13.4. The first-order valence-electron chi connectivity index (χ1n) is 11.7. The van der Waals surface area contributed by atoms with Crippen molar-refractivity contribution in [2.45, 2.75) is 57.4 Å². The first-order valence-corrected chi connectivity index (χ1v) is 13.1. The molecule has 0 saturated carbocycles. The first kappa shape index (κ1) is 23.6. The fourth-order valence-electron chi connectivity index (χ4n) is 4.59. The topological polar surface area (TPSA) is 95.5 Å². The Labute approximate surface area is 196 Å². The third-order valence-electron chi connectivity index (χ3n) is 6.83. The summed E-state index contributed by atoms with van der Waals surface area (Å²) in [7, 11) is -3.64. The number of hydrogen-bond acceptors (Lipinski definition) is 6. The molecule has 2 aliphatic rings. The number of carbonyl (C=O) groups excluding carboxylic acids is 1. The average Bonchev–Trinajstić information content (AvgIpc) is 2.81. The number of piperidine rings is 2. The highest BCUT2D eigenvalue weighted by Gasteiger charge is 2.31. The van der Waals surface area contributed by atoms with E-state index in [9.17, 15) is 13.2 Å². The van der Waals surface area contributed by atoms with Crippen molar-refractivity contribution in [3.63, 3.8) is 0 Å². The van der Waals surface area contributed by atoms with Crippen LogP contribution in [0.5, 0.6) is 0 Å². The molecule has 1 atom stereocenters. The molecule has 2 fully saturated rings. The number of benzene rings is 1. The molecular formula is C24H33N5O3S. The lowest BCUT2D eigenvalue weighted by Crippen LogP contribution is -2.48. The molecule has 3 heterocycles. The second-order valence-corrected chi connectivity index (χ2v) is 11.2. The summed E-state index contributed by atoms with van der Waals surface area (Å²) in [5.41, 5.74) is 1.89. The lowest BCUT2D eigenvalue weighted by molar-refractivity contribution is 0.0932. The number of sulfonamides is 1. The molecule has 2 aliphatic heterocycles. The number of hydrogen-bond donors (Lipinski definition) is 1. The molecule has 2 aromatic rings. The van der Waals surface area contributed by atoms with Crippen LogP contribution in [0.3, 0.4) is 0 Å². The monoisotopic (exact) mass is 471 g/mol. The fourth-order valence-corrected chi connectivity index (χ4v) is 6.38. The van der Waals surface area contributed by atoms with Gasteiger partial charge in [-0.3, -0.25) is 4.79 Å². The van der Waals surface area contributed by atoms with Gasteiger partial charge < -0.3 is 10.2 Å². The molecule has 1 amide bonds. The van der Waals surface area contributed by atoms with E-state index in [1.54, 1.807) is 34.9 Å². The molecule has 0 spiro atoms. The lowest BCUT2D eigenvalue weighted by Gasteiger charge is -2.33. The molecule has 9 heteroatoms. The maximum Gasteiger partial charge on any atom is 0.251 e. The first-order chi connectivity index (χ1) is 15.8. The Balaban J connectivity index is 1.52. The Hall–Kier alpha value is -2.52. The summed E-state index contributed by atoms with van der Waals surface area (Å²) in [6.45, 7) is 8.35. The zero-order chi connectivity index (χ0) is 23.6. The van der Waals surface area contributed by atoms with E-state index >= 15 is 0 Å². The van der Waals surface area contributed by atoms with E-state index in [1.807, 2.05) is 13.8 Å². The Kier molecular flexibility index (Phi) is 6.99. The number of carbonyl (C=O) groups is 1. The van der Waals surface area contributed by atoms with E-state index in [1.165, 1.54) is 0 Å². The van der Waals surface area contributed by atoms with Crippen molar-refractivity contribution in [1.29, 1.82) is 0 Å². The third-order valence-corrected chi connectivity index (χ3v) is 8.86. The smallest absolute Gasteiger partial charge is 0.251 e. The summed E-state index contributed by atoms with van der Waals surface area (Å²) in [6.07, 6.45) is 6.93. The van der Waals surface area contributed by atoms with Gasteiger partial charge in [0, 0.05) is 50.2 Å². The Bertz CT molecular complexity index is 1100. The van der Waals surface area contributed by atoms with E-state index in [0.717, 1.165) is 37.8 Å². The van der Waals surface area contributed by atoms with Crippen molar-refractivity contribution in [3.8, 4) is 0 Å². The summed E-state index contributed by atoms with van der Waals surface area (Å²) in [5, 5.41) is 3.10. The van der Waals surface area contributed by atoms with Crippen LogP contribution in [-0.2, 0) is 10.0 Å². The molecule has 8 nitrogen and oxygen atoms in total. The molecule has 0 radical (unpaired) electrons. The highest BCUT2D eigenvalue weighted by molar-refractivity contribution is 7.89. The molecule has 4 rings (SSSR count). The lowest BCUT2D eigenvalue weighted by atomic mass is 10.0. The van der Waals surface area contributed by atoms with Crippen molar-refractivity contribution in [2.24, 2.45) is 5.92 Å². The molecule has 1 aromatic heterocycles. The molecular weight excluding hydrogens is 438 g/mol. The fraction of sp³-hybridized carbons (Fsp3) is 0.542. The second kappa shape index (κ2) is 9.77. The van der Waals surface area contributed by atoms with Gasteiger partial charge in [-0.25, -0.2) is 18.4 Å². The van der Waals surface area contributed by atoms with Crippen LogP contribution >= 0.6 is 0 Å². The van der Waals surface area contributed by atoms with Gasteiger partial charge in [0.1, 0.15) is 0 Å². The predicted molar refractivity (Wildman–Crippen MR) is 128 cm³/mol. The van der Waals surface area contributed by atoms with Crippen LogP contribution in [-0.4, -0.2) is 60.8 Å². The molecule has 0 bridgehead atoms. The van der Waals surface area contributed by atoms with Crippen molar-refractivity contribution in [2.75, 3.05) is 31.1 Å². The zero-order valence-corrected chi connectivity index (χ0v) is 20.4. The van der Waals surface area contributed by atoms with E-state index in [0.29, 0.717) is 42.6 Å². The third kappa shape index (κ3) is 5.19. The highest BCUT2D eigenvalue weighted by atomic mass is 32.2. The minimum atomic E-state index is -3.64. The Morgan fingerprint density at radius 1 is 1.06 bits per heavy atom. The number of anilines is 1. The zero-order valence-electron chi connectivity index (χ0n) is 19.6. The quantitative estimate of drug-likeness (QED) is 0.720. The number of rotatable bonds is 5. The van der Waals surface area contributed by atoms with Gasteiger partial charge in [0.15, 0.2) is 0 Å². The normalized spacial score (nSPS) is 20.6. The van der Waals surface area contributed by atoms with Gasteiger partial charge in [0.05, 0.1) is 4.90 Å². The van der Waals surface area contributed by atoms with E-state index < -0.39 is 10.0 Å². The Morgan fingerprint density at radius 3 is 2.45 bits per heavy atom. The van der Waals surface area contributed by atoms with Crippen LogP contribution in [0.1, 0.15) is 54.1 Å². The molecule has 0 aliphatic carbocycles. The van der Waals surface area contributed by atoms with E-state index in [4.69, 9.17) is 0 Å². The van der Waals surface area contributed by atoms with Crippen molar-refractivity contribution >= 4 is 21.9 Å². The number of nitrogens with zero attached hydrogens (tertiary/aromatic N) is 4. The van der Waals surface area contributed by atoms with Gasteiger partial charge in [-0.15, -0.1) is 0 Å². The SMILES string of the molecule is Cc1cc(C(=O)NC2CCCN(c3ncccn3)C2)cc(S(=O)(=O)N2CCC(C)CC2)c1C. The van der Waals surface area contributed by atoms with Gasteiger partial charge in [-0.05, 0) is 74.8 Å². The molecule has 1 N–H and O–H groups in total. The molecule has 33 heavy (non-hydrogen) atoms.